The molecule has 2 nitrogen and oxygen atoms in total. The van der Waals surface area contributed by atoms with E-state index < -0.39 is 11.6 Å². The van der Waals surface area contributed by atoms with Gasteiger partial charge in [0.25, 0.3) is 0 Å². The summed E-state index contributed by atoms with van der Waals surface area (Å²) < 4.78 is 19.0. The largest absolute Gasteiger partial charge is 0.373 e. The first kappa shape index (κ1) is 12.8. The Bertz CT molecular complexity index is 404. The van der Waals surface area contributed by atoms with Crippen LogP contribution < -0.4 is 5.73 Å². The minimum absolute atomic E-state index is 0.320. The van der Waals surface area contributed by atoms with E-state index in [4.69, 9.17) is 22.1 Å². The molecule has 0 aromatic heterocycles. The zero-order valence-electron chi connectivity index (χ0n) is 9.88. The summed E-state index contributed by atoms with van der Waals surface area (Å²) >= 11 is 6.07. The van der Waals surface area contributed by atoms with Crippen LogP contribution in [0.15, 0.2) is 18.2 Å². The number of ether oxygens (including phenoxy) is 1. The van der Waals surface area contributed by atoms with Crippen molar-refractivity contribution in [1.82, 2.24) is 0 Å². The van der Waals surface area contributed by atoms with E-state index in [0.717, 1.165) is 19.3 Å². The van der Waals surface area contributed by atoms with Crippen molar-refractivity contribution in [3.8, 4) is 0 Å². The first-order valence-corrected chi connectivity index (χ1v) is 6.25. The van der Waals surface area contributed by atoms with E-state index in [1.165, 1.54) is 18.2 Å². The Morgan fingerprint density at radius 2 is 2.24 bits per heavy atom. The second-order valence-electron chi connectivity index (χ2n) is 4.76. The Balaban J connectivity index is 2.29. The Morgan fingerprint density at radius 1 is 1.47 bits per heavy atom. The van der Waals surface area contributed by atoms with E-state index >= 15 is 0 Å². The highest BCUT2D eigenvalue weighted by Crippen LogP contribution is 2.37. The number of halogens is 2. The third-order valence-corrected chi connectivity index (χ3v) is 3.79. The van der Waals surface area contributed by atoms with E-state index in [1.54, 1.807) is 0 Å². The van der Waals surface area contributed by atoms with Gasteiger partial charge in [-0.2, -0.15) is 0 Å². The Labute approximate surface area is 106 Å². The summed E-state index contributed by atoms with van der Waals surface area (Å²) in [6.45, 7) is 2.68. The molecule has 1 aliphatic heterocycles. The number of nitrogens with two attached hydrogens (primary N) is 1. The van der Waals surface area contributed by atoms with Crippen molar-refractivity contribution in [3.63, 3.8) is 0 Å². The molecule has 0 aliphatic carbocycles. The predicted molar refractivity (Wildman–Crippen MR) is 66.5 cm³/mol. The van der Waals surface area contributed by atoms with Crippen molar-refractivity contribution in [2.45, 2.75) is 37.8 Å². The standard InChI is InChI=1S/C13H17ClFNO/c1-13(6-2-3-7-17-13)12(16)10-8-9(15)4-5-11(10)14/h4-5,8,12H,2-3,6-7,16H2,1H3. The molecule has 0 spiro atoms. The highest BCUT2D eigenvalue weighted by atomic mass is 35.5. The predicted octanol–water partition coefficient (Wildman–Crippen LogP) is 3.44. The molecule has 1 aromatic carbocycles. The number of rotatable bonds is 2. The third-order valence-electron chi connectivity index (χ3n) is 3.45. The lowest BCUT2D eigenvalue weighted by Gasteiger charge is -2.39. The molecule has 94 valence electrons. The minimum Gasteiger partial charge on any atom is -0.373 e. The highest BCUT2D eigenvalue weighted by molar-refractivity contribution is 6.31. The maximum absolute atomic E-state index is 13.2. The lowest BCUT2D eigenvalue weighted by Crippen LogP contribution is -2.43. The van der Waals surface area contributed by atoms with Crippen LogP contribution in [0, 0.1) is 5.82 Å². The Morgan fingerprint density at radius 3 is 2.88 bits per heavy atom. The van der Waals surface area contributed by atoms with Crippen molar-refractivity contribution in [2.24, 2.45) is 5.73 Å². The van der Waals surface area contributed by atoms with Gasteiger partial charge in [-0.3, -0.25) is 0 Å². The second-order valence-corrected chi connectivity index (χ2v) is 5.17. The molecule has 4 heteroatoms. The smallest absolute Gasteiger partial charge is 0.123 e. The van der Waals surface area contributed by atoms with E-state index in [0.29, 0.717) is 17.2 Å². The normalized spacial score (nSPS) is 26.8. The van der Waals surface area contributed by atoms with Crippen LogP contribution in [0.5, 0.6) is 0 Å². The maximum Gasteiger partial charge on any atom is 0.123 e. The topological polar surface area (TPSA) is 35.2 Å². The summed E-state index contributed by atoms with van der Waals surface area (Å²) in [5, 5.41) is 0.495. The van der Waals surface area contributed by atoms with Gasteiger partial charge in [-0.05, 0) is 49.9 Å². The van der Waals surface area contributed by atoms with Crippen LogP contribution in [0.2, 0.25) is 5.02 Å². The average molecular weight is 258 g/mol. The van der Waals surface area contributed by atoms with Gasteiger partial charge < -0.3 is 10.5 Å². The van der Waals surface area contributed by atoms with Crippen molar-refractivity contribution in [2.75, 3.05) is 6.61 Å². The van der Waals surface area contributed by atoms with Gasteiger partial charge in [0.2, 0.25) is 0 Å². The van der Waals surface area contributed by atoms with Crippen molar-refractivity contribution in [3.05, 3.63) is 34.6 Å². The molecule has 1 heterocycles. The molecule has 1 fully saturated rings. The number of benzene rings is 1. The first-order valence-electron chi connectivity index (χ1n) is 5.87. The van der Waals surface area contributed by atoms with Crippen LogP contribution in [-0.2, 0) is 4.74 Å². The molecular weight excluding hydrogens is 241 g/mol. The van der Waals surface area contributed by atoms with Crippen LogP contribution in [0.1, 0.15) is 37.8 Å². The molecule has 1 saturated heterocycles. The summed E-state index contributed by atoms with van der Waals surface area (Å²) in [5.41, 5.74) is 6.37. The molecule has 0 bridgehead atoms. The molecule has 1 aliphatic rings. The summed E-state index contributed by atoms with van der Waals surface area (Å²) in [6.07, 6.45) is 3.01. The monoisotopic (exact) mass is 257 g/mol. The second kappa shape index (κ2) is 4.92. The molecule has 2 unspecified atom stereocenters. The molecule has 0 amide bonds. The average Bonchev–Trinajstić information content (AvgIpc) is 2.32. The van der Waals surface area contributed by atoms with Gasteiger partial charge in [-0.25, -0.2) is 4.39 Å². The third kappa shape index (κ3) is 2.62. The molecule has 2 atom stereocenters. The van der Waals surface area contributed by atoms with E-state index in [9.17, 15) is 4.39 Å². The Kier molecular flexibility index (Phi) is 3.71. The minimum atomic E-state index is -0.449. The van der Waals surface area contributed by atoms with Crippen molar-refractivity contribution in [1.29, 1.82) is 0 Å². The van der Waals surface area contributed by atoms with Gasteiger partial charge in [-0.15, -0.1) is 0 Å². The zero-order chi connectivity index (χ0) is 12.5. The van der Waals surface area contributed by atoms with Gasteiger partial charge in [0, 0.05) is 11.6 Å². The number of hydrogen-bond donors (Lipinski definition) is 1. The summed E-state index contributed by atoms with van der Waals surface area (Å²) in [5.74, 6) is -0.320. The van der Waals surface area contributed by atoms with Crippen LogP contribution in [0.4, 0.5) is 4.39 Å². The molecular formula is C13H17ClFNO. The SMILES string of the molecule is CC1(C(N)c2cc(F)ccc2Cl)CCCCO1. The van der Waals surface area contributed by atoms with E-state index in [2.05, 4.69) is 0 Å². The summed E-state index contributed by atoms with van der Waals surface area (Å²) in [7, 11) is 0. The molecule has 0 saturated carbocycles. The zero-order valence-corrected chi connectivity index (χ0v) is 10.6. The molecule has 2 rings (SSSR count). The fourth-order valence-electron chi connectivity index (χ4n) is 2.28. The Hall–Kier alpha value is -0.640. The van der Waals surface area contributed by atoms with Gasteiger partial charge in [0.15, 0.2) is 0 Å². The molecule has 2 N–H and O–H groups in total. The van der Waals surface area contributed by atoms with Crippen molar-refractivity contribution < 1.29 is 9.13 Å². The van der Waals surface area contributed by atoms with Gasteiger partial charge >= 0.3 is 0 Å². The highest BCUT2D eigenvalue weighted by Gasteiger charge is 2.36. The quantitative estimate of drug-likeness (QED) is 0.881. The maximum atomic E-state index is 13.2. The van der Waals surface area contributed by atoms with Gasteiger partial charge in [0.05, 0.1) is 11.6 Å². The fourth-order valence-corrected chi connectivity index (χ4v) is 2.52. The van der Waals surface area contributed by atoms with Crippen LogP contribution in [0.3, 0.4) is 0 Å². The van der Waals surface area contributed by atoms with Crippen molar-refractivity contribution >= 4 is 11.6 Å². The van der Waals surface area contributed by atoms with E-state index in [-0.39, 0.29) is 5.82 Å². The summed E-state index contributed by atoms with van der Waals surface area (Å²) in [6, 6.07) is 3.88. The lowest BCUT2D eigenvalue weighted by molar-refractivity contribution is -0.0820. The fraction of sp³-hybridized carbons (Fsp3) is 0.538. The van der Waals surface area contributed by atoms with Crippen LogP contribution >= 0.6 is 11.6 Å². The van der Waals surface area contributed by atoms with Gasteiger partial charge in [-0.1, -0.05) is 11.6 Å². The van der Waals surface area contributed by atoms with Crippen LogP contribution in [-0.4, -0.2) is 12.2 Å². The van der Waals surface area contributed by atoms with Gasteiger partial charge in [0.1, 0.15) is 5.82 Å². The first-order chi connectivity index (χ1) is 8.03. The number of hydrogen-bond acceptors (Lipinski definition) is 2. The summed E-state index contributed by atoms with van der Waals surface area (Å²) in [4.78, 5) is 0. The lowest BCUT2D eigenvalue weighted by atomic mass is 9.84. The molecule has 1 aromatic rings. The van der Waals surface area contributed by atoms with E-state index in [1.807, 2.05) is 6.92 Å². The molecule has 0 radical (unpaired) electrons. The van der Waals surface area contributed by atoms with Crippen LogP contribution in [0.25, 0.3) is 0 Å². The molecule has 17 heavy (non-hydrogen) atoms.